The summed E-state index contributed by atoms with van der Waals surface area (Å²) in [5, 5.41) is 13.9. The molecule has 1 aromatic rings. The highest BCUT2D eigenvalue weighted by molar-refractivity contribution is 5.62. The van der Waals surface area contributed by atoms with Crippen LogP contribution in [0.15, 0.2) is 18.2 Å². The lowest BCUT2D eigenvalue weighted by Gasteiger charge is -2.27. The van der Waals surface area contributed by atoms with E-state index in [1.807, 2.05) is 12.1 Å². The Kier molecular flexibility index (Phi) is 4.95. The van der Waals surface area contributed by atoms with E-state index in [1.54, 1.807) is 13.1 Å². The van der Waals surface area contributed by atoms with Crippen molar-refractivity contribution in [3.63, 3.8) is 0 Å². The highest BCUT2D eigenvalue weighted by Gasteiger charge is 2.18. The molecule has 5 nitrogen and oxygen atoms in total. The average Bonchev–Trinajstić information content (AvgIpc) is 2.64. The van der Waals surface area contributed by atoms with Gasteiger partial charge in [0, 0.05) is 25.7 Å². The number of nitrogens with zero attached hydrogens (tertiary/aromatic N) is 2. The van der Waals surface area contributed by atoms with Crippen molar-refractivity contribution in [3.05, 3.63) is 33.9 Å². The number of nitro groups is 1. The van der Waals surface area contributed by atoms with Crippen LogP contribution in [0.25, 0.3) is 0 Å². The minimum atomic E-state index is -0.343. The minimum absolute atomic E-state index is 0.139. The van der Waals surface area contributed by atoms with Crippen LogP contribution in [0.3, 0.4) is 0 Å². The Morgan fingerprint density at radius 1 is 1.40 bits per heavy atom. The summed E-state index contributed by atoms with van der Waals surface area (Å²) in [6.07, 6.45) is 5.10. The number of nitro benzene ring substituents is 1. The minimum Gasteiger partial charge on any atom is -0.383 e. The van der Waals surface area contributed by atoms with Crippen molar-refractivity contribution in [2.75, 3.05) is 18.9 Å². The van der Waals surface area contributed by atoms with E-state index in [9.17, 15) is 10.1 Å². The van der Waals surface area contributed by atoms with Crippen LogP contribution in [0.1, 0.15) is 38.2 Å². The third-order valence-corrected chi connectivity index (χ3v) is 4.10. The summed E-state index contributed by atoms with van der Waals surface area (Å²) >= 11 is 0. The zero-order valence-electron chi connectivity index (χ0n) is 12.3. The van der Waals surface area contributed by atoms with Crippen molar-refractivity contribution < 1.29 is 4.92 Å². The predicted molar refractivity (Wildman–Crippen MR) is 81.0 cm³/mol. The standard InChI is InChI=1S/C15H23N3O2/c1-12-6-4-3-5-9-17(12)11-13-7-8-15(18(19)20)14(10-13)16-2/h7-8,10,12,16H,3-6,9,11H2,1-2H3. The van der Waals surface area contributed by atoms with Crippen LogP contribution in [0, 0.1) is 10.1 Å². The second kappa shape index (κ2) is 6.70. The third kappa shape index (κ3) is 3.48. The highest BCUT2D eigenvalue weighted by Crippen LogP contribution is 2.26. The smallest absolute Gasteiger partial charge is 0.292 e. The van der Waals surface area contributed by atoms with Gasteiger partial charge in [0.1, 0.15) is 5.69 Å². The number of likely N-dealkylation sites (tertiary alicyclic amines) is 1. The average molecular weight is 277 g/mol. The Morgan fingerprint density at radius 2 is 2.20 bits per heavy atom. The first-order valence-corrected chi connectivity index (χ1v) is 7.31. The molecule has 0 amide bonds. The number of rotatable bonds is 4. The zero-order valence-corrected chi connectivity index (χ0v) is 12.3. The Morgan fingerprint density at radius 3 is 2.90 bits per heavy atom. The summed E-state index contributed by atoms with van der Waals surface area (Å²) in [6.45, 7) is 4.26. The molecule has 0 aromatic heterocycles. The maximum atomic E-state index is 10.9. The maximum Gasteiger partial charge on any atom is 0.292 e. The summed E-state index contributed by atoms with van der Waals surface area (Å²) in [5.41, 5.74) is 1.86. The quantitative estimate of drug-likeness (QED) is 0.677. The fourth-order valence-electron chi connectivity index (χ4n) is 2.84. The molecule has 0 radical (unpaired) electrons. The maximum absolute atomic E-state index is 10.9. The van der Waals surface area contributed by atoms with E-state index in [4.69, 9.17) is 0 Å². The van der Waals surface area contributed by atoms with Gasteiger partial charge in [0.25, 0.3) is 5.69 Å². The van der Waals surface area contributed by atoms with Crippen molar-refractivity contribution in [2.45, 2.75) is 45.2 Å². The first kappa shape index (κ1) is 14.8. The van der Waals surface area contributed by atoms with Crippen molar-refractivity contribution in [1.82, 2.24) is 4.90 Å². The highest BCUT2D eigenvalue weighted by atomic mass is 16.6. The molecule has 1 saturated heterocycles. The lowest BCUT2D eigenvalue weighted by Crippen LogP contribution is -2.31. The molecule has 110 valence electrons. The molecule has 0 saturated carbocycles. The molecule has 0 aliphatic carbocycles. The van der Waals surface area contributed by atoms with E-state index >= 15 is 0 Å². The van der Waals surface area contributed by atoms with Gasteiger partial charge in [-0.25, -0.2) is 0 Å². The summed E-state index contributed by atoms with van der Waals surface area (Å²) in [5.74, 6) is 0. The molecule has 2 rings (SSSR count). The van der Waals surface area contributed by atoms with Gasteiger partial charge < -0.3 is 5.32 Å². The van der Waals surface area contributed by atoms with Crippen molar-refractivity contribution in [2.24, 2.45) is 0 Å². The van der Waals surface area contributed by atoms with Crippen LogP contribution in [-0.2, 0) is 6.54 Å². The predicted octanol–water partition coefficient (Wildman–Crippen LogP) is 3.40. The fraction of sp³-hybridized carbons (Fsp3) is 0.600. The molecule has 1 unspecified atom stereocenters. The summed E-state index contributed by atoms with van der Waals surface area (Å²) in [6, 6.07) is 5.96. The Labute approximate surface area is 120 Å². The van der Waals surface area contributed by atoms with Gasteiger partial charge >= 0.3 is 0 Å². The lowest BCUT2D eigenvalue weighted by atomic mass is 10.1. The van der Waals surface area contributed by atoms with Crippen LogP contribution in [0.2, 0.25) is 0 Å². The zero-order chi connectivity index (χ0) is 14.5. The number of hydrogen-bond donors (Lipinski definition) is 1. The molecule has 1 fully saturated rings. The van der Waals surface area contributed by atoms with Crippen LogP contribution in [-0.4, -0.2) is 29.5 Å². The monoisotopic (exact) mass is 277 g/mol. The molecular weight excluding hydrogens is 254 g/mol. The first-order chi connectivity index (χ1) is 9.61. The van der Waals surface area contributed by atoms with Gasteiger partial charge in [-0.3, -0.25) is 15.0 Å². The van der Waals surface area contributed by atoms with E-state index in [0.717, 1.165) is 18.7 Å². The third-order valence-electron chi connectivity index (χ3n) is 4.10. The molecule has 0 bridgehead atoms. The van der Waals surface area contributed by atoms with Gasteiger partial charge in [0.2, 0.25) is 0 Å². The van der Waals surface area contributed by atoms with Gasteiger partial charge in [-0.15, -0.1) is 0 Å². The normalized spacial score (nSPS) is 20.4. The van der Waals surface area contributed by atoms with Crippen molar-refractivity contribution >= 4 is 11.4 Å². The molecule has 1 aliphatic heterocycles. The summed E-state index contributed by atoms with van der Waals surface area (Å²) in [4.78, 5) is 13.1. The molecule has 1 heterocycles. The molecule has 5 heteroatoms. The summed E-state index contributed by atoms with van der Waals surface area (Å²) in [7, 11) is 1.72. The molecule has 1 aromatic carbocycles. The number of benzene rings is 1. The second-order valence-electron chi connectivity index (χ2n) is 5.53. The van der Waals surface area contributed by atoms with E-state index in [2.05, 4.69) is 17.1 Å². The van der Waals surface area contributed by atoms with Gasteiger partial charge in [-0.2, -0.15) is 0 Å². The fourth-order valence-corrected chi connectivity index (χ4v) is 2.84. The molecule has 0 spiro atoms. The molecular formula is C15H23N3O2. The summed E-state index contributed by atoms with van der Waals surface area (Å²) < 4.78 is 0. The van der Waals surface area contributed by atoms with Crippen LogP contribution in [0.4, 0.5) is 11.4 Å². The van der Waals surface area contributed by atoms with Crippen LogP contribution in [0.5, 0.6) is 0 Å². The van der Waals surface area contributed by atoms with Gasteiger partial charge in [0.15, 0.2) is 0 Å². The van der Waals surface area contributed by atoms with Gasteiger partial charge in [0.05, 0.1) is 4.92 Å². The second-order valence-corrected chi connectivity index (χ2v) is 5.53. The van der Waals surface area contributed by atoms with E-state index < -0.39 is 0 Å². The number of nitrogens with one attached hydrogen (secondary N) is 1. The Hall–Kier alpha value is -1.62. The molecule has 20 heavy (non-hydrogen) atoms. The largest absolute Gasteiger partial charge is 0.383 e. The first-order valence-electron chi connectivity index (χ1n) is 7.31. The van der Waals surface area contributed by atoms with E-state index in [0.29, 0.717) is 11.7 Å². The van der Waals surface area contributed by atoms with E-state index in [1.165, 1.54) is 25.7 Å². The Balaban J connectivity index is 2.14. The molecule has 1 atom stereocenters. The number of anilines is 1. The molecule has 1 aliphatic rings. The van der Waals surface area contributed by atoms with Crippen LogP contribution >= 0.6 is 0 Å². The van der Waals surface area contributed by atoms with E-state index in [-0.39, 0.29) is 10.6 Å². The van der Waals surface area contributed by atoms with Gasteiger partial charge in [-0.1, -0.05) is 18.9 Å². The van der Waals surface area contributed by atoms with Gasteiger partial charge in [-0.05, 0) is 37.9 Å². The van der Waals surface area contributed by atoms with Crippen molar-refractivity contribution in [1.29, 1.82) is 0 Å². The van der Waals surface area contributed by atoms with Crippen molar-refractivity contribution in [3.8, 4) is 0 Å². The Bertz CT molecular complexity index is 476. The topological polar surface area (TPSA) is 58.4 Å². The SMILES string of the molecule is CNc1cc(CN2CCCCCC2C)ccc1[N+](=O)[O-]. The lowest BCUT2D eigenvalue weighted by molar-refractivity contribution is -0.384. The van der Waals surface area contributed by atoms with Crippen LogP contribution < -0.4 is 5.32 Å². The molecule has 1 N–H and O–H groups in total. The number of hydrogen-bond acceptors (Lipinski definition) is 4.